The van der Waals surface area contributed by atoms with Crippen LogP contribution in [-0.2, 0) is 0 Å². The van der Waals surface area contributed by atoms with Gasteiger partial charge in [0.1, 0.15) is 0 Å². The molecule has 1 aromatic heterocycles. The second kappa shape index (κ2) is 6.38. The van der Waals surface area contributed by atoms with Gasteiger partial charge in [-0.3, -0.25) is 0 Å². The van der Waals surface area contributed by atoms with E-state index in [1.807, 2.05) is 11.3 Å². The molecule has 16 heavy (non-hydrogen) atoms. The lowest BCUT2D eigenvalue weighted by molar-refractivity contribution is 0.270. The molecule has 2 unspecified atom stereocenters. The zero-order valence-corrected chi connectivity index (χ0v) is 11.9. The minimum atomic E-state index is 0.467. The van der Waals surface area contributed by atoms with Gasteiger partial charge in [0.25, 0.3) is 0 Å². The number of nitrogens with one attached hydrogen (secondary N) is 1. The minimum absolute atomic E-state index is 0.467. The fourth-order valence-corrected chi connectivity index (χ4v) is 2.89. The first-order valence-corrected chi connectivity index (χ1v) is 6.88. The molecule has 0 saturated heterocycles. The van der Waals surface area contributed by atoms with Gasteiger partial charge in [0.15, 0.2) is 0 Å². The molecule has 0 aromatic carbocycles. The van der Waals surface area contributed by atoms with Crippen LogP contribution in [0.2, 0.25) is 0 Å². The van der Waals surface area contributed by atoms with Crippen LogP contribution in [0.1, 0.15) is 36.8 Å². The van der Waals surface area contributed by atoms with Crippen LogP contribution in [0, 0.1) is 6.92 Å². The molecule has 0 radical (unpaired) electrons. The van der Waals surface area contributed by atoms with E-state index in [1.54, 1.807) is 0 Å². The van der Waals surface area contributed by atoms with Crippen LogP contribution in [0.3, 0.4) is 0 Å². The summed E-state index contributed by atoms with van der Waals surface area (Å²) in [6.07, 6.45) is 1.19. The number of hydrogen-bond acceptors (Lipinski definition) is 3. The first kappa shape index (κ1) is 13.7. The summed E-state index contributed by atoms with van der Waals surface area (Å²) in [4.78, 5) is 3.76. The highest BCUT2D eigenvalue weighted by Gasteiger charge is 2.13. The molecule has 0 aliphatic rings. The molecule has 0 fully saturated rings. The minimum Gasteiger partial charge on any atom is -0.308 e. The average Bonchev–Trinajstić information content (AvgIpc) is 2.64. The van der Waals surface area contributed by atoms with Crippen molar-refractivity contribution >= 4 is 11.3 Å². The number of hydrogen-bond donors (Lipinski definition) is 1. The second-order valence-corrected chi connectivity index (χ2v) is 5.57. The molecule has 0 amide bonds. The predicted molar refractivity (Wildman–Crippen MR) is 73.2 cm³/mol. The first-order valence-electron chi connectivity index (χ1n) is 6.00. The fraction of sp³-hybridized carbons (Fsp3) is 0.692. The Kier molecular flexibility index (Phi) is 5.46. The van der Waals surface area contributed by atoms with Crippen LogP contribution in [0.15, 0.2) is 11.4 Å². The number of thiophene rings is 1. The summed E-state index contributed by atoms with van der Waals surface area (Å²) in [5, 5.41) is 5.80. The Morgan fingerprint density at radius 2 is 2.12 bits per heavy atom. The largest absolute Gasteiger partial charge is 0.308 e. The Hall–Kier alpha value is -0.380. The lowest BCUT2D eigenvalue weighted by atomic mass is 10.1. The molecule has 2 nitrogen and oxygen atoms in total. The van der Waals surface area contributed by atoms with E-state index in [4.69, 9.17) is 0 Å². The monoisotopic (exact) mass is 240 g/mol. The molecule has 92 valence electrons. The lowest BCUT2D eigenvalue weighted by Gasteiger charge is -2.25. The highest BCUT2D eigenvalue weighted by atomic mass is 32.1. The molecule has 0 spiro atoms. The van der Waals surface area contributed by atoms with Gasteiger partial charge in [-0.25, -0.2) is 0 Å². The van der Waals surface area contributed by atoms with E-state index in [2.05, 4.69) is 56.5 Å². The van der Waals surface area contributed by atoms with Crippen molar-refractivity contribution in [1.29, 1.82) is 0 Å². The fourth-order valence-electron chi connectivity index (χ4n) is 1.93. The molecule has 0 bridgehead atoms. The Bertz CT molecular complexity index is 307. The molecule has 0 saturated carbocycles. The van der Waals surface area contributed by atoms with Crippen molar-refractivity contribution in [3.05, 3.63) is 21.9 Å². The Morgan fingerprint density at radius 3 is 2.56 bits per heavy atom. The number of likely N-dealkylation sites (N-methyl/N-ethyl adjacent to an activating group) is 1. The molecular weight excluding hydrogens is 216 g/mol. The van der Waals surface area contributed by atoms with Crippen LogP contribution in [0.5, 0.6) is 0 Å². The topological polar surface area (TPSA) is 15.3 Å². The van der Waals surface area contributed by atoms with E-state index in [0.29, 0.717) is 12.1 Å². The van der Waals surface area contributed by atoms with Crippen molar-refractivity contribution in [2.45, 2.75) is 39.3 Å². The summed E-state index contributed by atoms with van der Waals surface area (Å²) in [5.41, 5.74) is 1.41. The highest BCUT2D eigenvalue weighted by Crippen LogP contribution is 2.23. The molecule has 1 aromatic rings. The third-order valence-corrected chi connectivity index (χ3v) is 4.36. The summed E-state index contributed by atoms with van der Waals surface area (Å²) in [6, 6.07) is 3.29. The molecule has 0 aliphatic heterocycles. The van der Waals surface area contributed by atoms with Gasteiger partial charge in [0, 0.05) is 23.5 Å². The zero-order chi connectivity index (χ0) is 12.1. The molecule has 0 aliphatic carbocycles. The Morgan fingerprint density at radius 1 is 1.44 bits per heavy atom. The van der Waals surface area contributed by atoms with Crippen molar-refractivity contribution in [3.63, 3.8) is 0 Å². The van der Waals surface area contributed by atoms with Crippen molar-refractivity contribution in [3.8, 4) is 0 Å². The maximum absolute atomic E-state index is 3.63. The highest BCUT2D eigenvalue weighted by molar-refractivity contribution is 7.10. The summed E-state index contributed by atoms with van der Waals surface area (Å²) in [7, 11) is 4.30. The lowest BCUT2D eigenvalue weighted by Crippen LogP contribution is -2.38. The smallest absolute Gasteiger partial charge is 0.0389 e. The van der Waals surface area contributed by atoms with Gasteiger partial charge in [-0.2, -0.15) is 0 Å². The quantitative estimate of drug-likeness (QED) is 0.822. The van der Waals surface area contributed by atoms with Crippen LogP contribution in [0.25, 0.3) is 0 Å². The SMILES string of the molecule is CCC(CNC(C)c1sccc1C)N(C)C. The molecular formula is C13H24N2S. The van der Waals surface area contributed by atoms with E-state index in [0.717, 1.165) is 6.54 Å². The van der Waals surface area contributed by atoms with E-state index >= 15 is 0 Å². The Labute approximate surface area is 104 Å². The van der Waals surface area contributed by atoms with Crippen molar-refractivity contribution < 1.29 is 0 Å². The summed E-state index contributed by atoms with van der Waals surface area (Å²) >= 11 is 1.85. The van der Waals surface area contributed by atoms with Crippen LogP contribution >= 0.6 is 11.3 Å². The van der Waals surface area contributed by atoms with Crippen LogP contribution < -0.4 is 5.32 Å². The Balaban J connectivity index is 2.46. The van der Waals surface area contributed by atoms with Gasteiger partial charge in [-0.15, -0.1) is 11.3 Å². The maximum atomic E-state index is 3.63. The van der Waals surface area contributed by atoms with Gasteiger partial charge in [0.2, 0.25) is 0 Å². The molecule has 3 heteroatoms. The van der Waals surface area contributed by atoms with Gasteiger partial charge < -0.3 is 10.2 Å². The van der Waals surface area contributed by atoms with E-state index in [9.17, 15) is 0 Å². The van der Waals surface area contributed by atoms with Crippen molar-refractivity contribution in [2.75, 3.05) is 20.6 Å². The first-order chi connectivity index (χ1) is 7.56. The molecule has 1 N–H and O–H groups in total. The van der Waals surface area contributed by atoms with Crippen molar-refractivity contribution in [2.24, 2.45) is 0 Å². The third-order valence-electron chi connectivity index (χ3n) is 3.16. The number of nitrogens with zero attached hydrogens (tertiary/aromatic N) is 1. The maximum Gasteiger partial charge on any atom is 0.0389 e. The molecule has 2 atom stereocenters. The number of rotatable bonds is 6. The van der Waals surface area contributed by atoms with Crippen molar-refractivity contribution in [1.82, 2.24) is 10.2 Å². The van der Waals surface area contributed by atoms with E-state index in [1.165, 1.54) is 16.9 Å². The van der Waals surface area contributed by atoms with Gasteiger partial charge >= 0.3 is 0 Å². The average molecular weight is 240 g/mol. The summed E-state index contributed by atoms with van der Waals surface area (Å²) < 4.78 is 0. The van der Waals surface area contributed by atoms with Gasteiger partial charge in [-0.05, 0) is 51.4 Å². The standard InChI is InChI=1S/C13H24N2S/c1-6-12(15(4)5)9-14-11(3)13-10(2)7-8-16-13/h7-8,11-12,14H,6,9H2,1-5H3. The van der Waals surface area contributed by atoms with Gasteiger partial charge in [0.05, 0.1) is 0 Å². The molecule has 1 heterocycles. The number of aryl methyl sites for hydroxylation is 1. The normalized spacial score (nSPS) is 15.4. The summed E-state index contributed by atoms with van der Waals surface area (Å²) in [5.74, 6) is 0. The van der Waals surface area contributed by atoms with Crippen LogP contribution in [-0.4, -0.2) is 31.6 Å². The zero-order valence-electron chi connectivity index (χ0n) is 11.1. The molecule has 1 rings (SSSR count). The second-order valence-electron chi connectivity index (χ2n) is 4.62. The summed E-state index contributed by atoms with van der Waals surface area (Å²) in [6.45, 7) is 7.74. The predicted octanol–water partition coefficient (Wildman–Crippen LogP) is 3.05. The van der Waals surface area contributed by atoms with E-state index < -0.39 is 0 Å². The third kappa shape index (κ3) is 3.58. The van der Waals surface area contributed by atoms with E-state index in [-0.39, 0.29) is 0 Å². The van der Waals surface area contributed by atoms with Gasteiger partial charge in [-0.1, -0.05) is 6.92 Å². The van der Waals surface area contributed by atoms with Crippen LogP contribution in [0.4, 0.5) is 0 Å².